The van der Waals surface area contributed by atoms with Gasteiger partial charge in [-0.3, -0.25) is 0 Å². The van der Waals surface area contributed by atoms with E-state index in [2.05, 4.69) is 29.4 Å². The molecule has 1 heterocycles. The molecule has 2 aromatic rings. The van der Waals surface area contributed by atoms with Crippen molar-refractivity contribution < 1.29 is 9.53 Å². The monoisotopic (exact) mass is 270 g/mol. The molecule has 4 heteroatoms. The number of methoxy groups -OCH3 is 1. The Kier molecular flexibility index (Phi) is 4.71. The Hall–Kier alpha value is -2.36. The van der Waals surface area contributed by atoms with Crippen LogP contribution in [0.5, 0.6) is 0 Å². The quantitative estimate of drug-likeness (QED) is 0.846. The molecule has 1 aromatic carbocycles. The van der Waals surface area contributed by atoms with E-state index in [9.17, 15) is 4.79 Å². The molecule has 1 unspecified atom stereocenters. The van der Waals surface area contributed by atoms with Gasteiger partial charge in [0.15, 0.2) is 0 Å². The van der Waals surface area contributed by atoms with Crippen molar-refractivity contribution in [2.24, 2.45) is 0 Å². The molecule has 0 fully saturated rings. The third-order valence-corrected chi connectivity index (χ3v) is 3.13. The zero-order chi connectivity index (χ0) is 14.4. The molecule has 0 amide bonds. The predicted octanol–water partition coefficient (Wildman–Crippen LogP) is 3.43. The number of pyridine rings is 1. The number of nitrogens with one attached hydrogen (secondary N) is 1. The molecule has 0 aliphatic carbocycles. The van der Waals surface area contributed by atoms with Crippen molar-refractivity contribution in [3.8, 4) is 0 Å². The van der Waals surface area contributed by atoms with Gasteiger partial charge in [0, 0.05) is 6.20 Å². The molecule has 104 valence electrons. The average molecular weight is 270 g/mol. The SMILES string of the molecule is CCC(Nc1ncccc1C(=O)OC)c1ccccc1. The van der Waals surface area contributed by atoms with Crippen LogP contribution in [0.4, 0.5) is 5.82 Å². The second-order valence-electron chi connectivity index (χ2n) is 4.41. The van der Waals surface area contributed by atoms with Crippen LogP contribution in [-0.4, -0.2) is 18.1 Å². The maximum Gasteiger partial charge on any atom is 0.341 e. The van der Waals surface area contributed by atoms with E-state index < -0.39 is 0 Å². The number of carbonyl (C=O) groups is 1. The van der Waals surface area contributed by atoms with Crippen molar-refractivity contribution in [1.82, 2.24) is 4.98 Å². The summed E-state index contributed by atoms with van der Waals surface area (Å²) < 4.78 is 4.78. The summed E-state index contributed by atoms with van der Waals surface area (Å²) in [7, 11) is 1.37. The first-order valence-corrected chi connectivity index (χ1v) is 6.61. The van der Waals surface area contributed by atoms with E-state index >= 15 is 0 Å². The van der Waals surface area contributed by atoms with E-state index in [4.69, 9.17) is 4.74 Å². The van der Waals surface area contributed by atoms with Crippen molar-refractivity contribution in [3.63, 3.8) is 0 Å². The van der Waals surface area contributed by atoms with Gasteiger partial charge in [0.25, 0.3) is 0 Å². The Balaban J connectivity index is 2.26. The Morgan fingerprint density at radius 2 is 2.00 bits per heavy atom. The van der Waals surface area contributed by atoms with E-state index in [-0.39, 0.29) is 12.0 Å². The van der Waals surface area contributed by atoms with Gasteiger partial charge >= 0.3 is 5.97 Å². The lowest BCUT2D eigenvalue weighted by Gasteiger charge is -2.19. The topological polar surface area (TPSA) is 51.2 Å². The lowest BCUT2D eigenvalue weighted by Crippen LogP contribution is -2.14. The van der Waals surface area contributed by atoms with Crippen LogP contribution in [-0.2, 0) is 4.74 Å². The number of anilines is 1. The lowest BCUT2D eigenvalue weighted by atomic mass is 10.0. The van der Waals surface area contributed by atoms with Crippen LogP contribution in [0, 0.1) is 0 Å². The van der Waals surface area contributed by atoms with Crippen molar-refractivity contribution in [3.05, 3.63) is 59.8 Å². The number of esters is 1. The fourth-order valence-electron chi connectivity index (χ4n) is 2.07. The van der Waals surface area contributed by atoms with E-state index in [1.807, 2.05) is 18.2 Å². The van der Waals surface area contributed by atoms with Crippen molar-refractivity contribution in [2.45, 2.75) is 19.4 Å². The minimum absolute atomic E-state index is 0.106. The molecule has 0 bridgehead atoms. The summed E-state index contributed by atoms with van der Waals surface area (Å²) in [6.07, 6.45) is 2.55. The molecular formula is C16H18N2O2. The number of hydrogen-bond donors (Lipinski definition) is 1. The summed E-state index contributed by atoms with van der Waals surface area (Å²) in [5, 5.41) is 3.32. The predicted molar refractivity (Wildman–Crippen MR) is 78.7 cm³/mol. The second kappa shape index (κ2) is 6.70. The molecule has 0 spiro atoms. The van der Waals surface area contributed by atoms with Gasteiger partial charge in [0.05, 0.1) is 13.2 Å². The number of benzene rings is 1. The third kappa shape index (κ3) is 3.15. The summed E-state index contributed by atoms with van der Waals surface area (Å²) in [5.41, 5.74) is 1.61. The minimum atomic E-state index is -0.386. The molecule has 1 N–H and O–H groups in total. The Morgan fingerprint density at radius 3 is 2.65 bits per heavy atom. The van der Waals surface area contributed by atoms with Gasteiger partial charge < -0.3 is 10.1 Å². The first-order valence-electron chi connectivity index (χ1n) is 6.61. The highest BCUT2D eigenvalue weighted by Gasteiger charge is 2.16. The van der Waals surface area contributed by atoms with Gasteiger partial charge in [-0.2, -0.15) is 0 Å². The Labute approximate surface area is 118 Å². The van der Waals surface area contributed by atoms with Crippen LogP contribution in [0.2, 0.25) is 0 Å². The van der Waals surface area contributed by atoms with Crippen molar-refractivity contribution in [2.75, 3.05) is 12.4 Å². The maximum atomic E-state index is 11.7. The van der Waals surface area contributed by atoms with E-state index in [0.29, 0.717) is 11.4 Å². The first kappa shape index (κ1) is 14.1. The van der Waals surface area contributed by atoms with Gasteiger partial charge in [-0.15, -0.1) is 0 Å². The summed E-state index contributed by atoms with van der Waals surface area (Å²) in [6.45, 7) is 2.09. The molecule has 2 rings (SSSR count). The molecule has 0 saturated heterocycles. The molecule has 0 aliphatic rings. The smallest absolute Gasteiger partial charge is 0.341 e. The molecule has 0 saturated carbocycles. The number of carbonyl (C=O) groups excluding carboxylic acids is 1. The normalized spacial score (nSPS) is 11.7. The molecule has 0 aliphatic heterocycles. The van der Waals surface area contributed by atoms with Crippen molar-refractivity contribution >= 4 is 11.8 Å². The fraction of sp³-hybridized carbons (Fsp3) is 0.250. The van der Waals surface area contributed by atoms with E-state index in [1.165, 1.54) is 7.11 Å². The van der Waals surface area contributed by atoms with Crippen molar-refractivity contribution in [1.29, 1.82) is 0 Å². The second-order valence-corrected chi connectivity index (χ2v) is 4.41. The molecule has 4 nitrogen and oxygen atoms in total. The standard InChI is InChI=1S/C16H18N2O2/c1-3-14(12-8-5-4-6-9-12)18-15-13(16(19)20-2)10-7-11-17-15/h4-11,14H,3H2,1-2H3,(H,17,18). The van der Waals surface area contributed by atoms with Gasteiger partial charge in [0.2, 0.25) is 0 Å². The highest BCUT2D eigenvalue weighted by atomic mass is 16.5. The van der Waals surface area contributed by atoms with Gasteiger partial charge in [-0.05, 0) is 24.1 Å². The van der Waals surface area contributed by atoms with Gasteiger partial charge in [-0.25, -0.2) is 9.78 Å². The zero-order valence-corrected chi connectivity index (χ0v) is 11.7. The lowest BCUT2D eigenvalue weighted by molar-refractivity contribution is 0.0601. The first-order chi connectivity index (χ1) is 9.76. The molecule has 1 aromatic heterocycles. The van der Waals surface area contributed by atoms with Gasteiger partial charge in [-0.1, -0.05) is 37.3 Å². The van der Waals surface area contributed by atoms with Crippen LogP contribution in [0.3, 0.4) is 0 Å². The third-order valence-electron chi connectivity index (χ3n) is 3.13. The van der Waals surface area contributed by atoms with Crippen LogP contribution >= 0.6 is 0 Å². The fourth-order valence-corrected chi connectivity index (χ4v) is 2.07. The van der Waals surface area contributed by atoms with Crippen LogP contribution in [0.25, 0.3) is 0 Å². The molecule has 1 atom stereocenters. The van der Waals surface area contributed by atoms with Gasteiger partial charge in [0.1, 0.15) is 11.4 Å². The minimum Gasteiger partial charge on any atom is -0.465 e. The summed E-state index contributed by atoms with van der Waals surface area (Å²) in [4.78, 5) is 16.0. The zero-order valence-electron chi connectivity index (χ0n) is 11.7. The summed E-state index contributed by atoms with van der Waals surface area (Å²) >= 11 is 0. The van der Waals surface area contributed by atoms with Crippen LogP contribution < -0.4 is 5.32 Å². The van der Waals surface area contributed by atoms with Crippen LogP contribution in [0.1, 0.15) is 35.3 Å². The largest absolute Gasteiger partial charge is 0.465 e. The maximum absolute atomic E-state index is 11.7. The van der Waals surface area contributed by atoms with E-state index in [1.54, 1.807) is 18.3 Å². The highest BCUT2D eigenvalue weighted by molar-refractivity contribution is 5.94. The summed E-state index contributed by atoms with van der Waals surface area (Å²) in [5.74, 6) is 0.165. The number of nitrogens with zero attached hydrogens (tertiary/aromatic N) is 1. The Morgan fingerprint density at radius 1 is 1.25 bits per heavy atom. The Bertz CT molecular complexity index is 570. The van der Waals surface area contributed by atoms with Crippen LogP contribution in [0.15, 0.2) is 48.7 Å². The molecule has 0 radical (unpaired) electrons. The summed E-state index contributed by atoms with van der Waals surface area (Å²) in [6, 6.07) is 13.6. The average Bonchev–Trinajstić information content (AvgIpc) is 2.53. The molecular weight excluding hydrogens is 252 g/mol. The molecule has 20 heavy (non-hydrogen) atoms. The number of aromatic nitrogens is 1. The highest BCUT2D eigenvalue weighted by Crippen LogP contribution is 2.23. The number of ether oxygens (including phenoxy) is 1. The number of hydrogen-bond acceptors (Lipinski definition) is 4. The van der Waals surface area contributed by atoms with E-state index in [0.717, 1.165) is 12.0 Å². The number of rotatable bonds is 5.